The zero-order valence-corrected chi connectivity index (χ0v) is 14.8. The van der Waals surface area contributed by atoms with Crippen LogP contribution in [-0.4, -0.2) is 49.2 Å². The van der Waals surface area contributed by atoms with Gasteiger partial charge in [0.2, 0.25) is 0 Å². The van der Waals surface area contributed by atoms with Gasteiger partial charge in [-0.15, -0.1) is 0 Å². The summed E-state index contributed by atoms with van der Waals surface area (Å²) >= 11 is 0. The number of ether oxygens (including phenoxy) is 1. The van der Waals surface area contributed by atoms with Crippen LogP contribution >= 0.6 is 0 Å². The Morgan fingerprint density at radius 3 is 2.43 bits per heavy atom. The third-order valence-electron chi connectivity index (χ3n) is 4.72. The molecule has 4 heteroatoms. The van der Waals surface area contributed by atoms with Crippen LogP contribution in [0.2, 0.25) is 0 Å². The van der Waals surface area contributed by atoms with Crippen molar-refractivity contribution >= 4 is 5.97 Å². The maximum absolute atomic E-state index is 12.2. The lowest BCUT2D eigenvalue weighted by molar-refractivity contribution is -0.151. The highest BCUT2D eigenvalue weighted by Gasteiger charge is 2.36. The summed E-state index contributed by atoms with van der Waals surface area (Å²) < 4.78 is 5.23. The molecule has 0 amide bonds. The van der Waals surface area contributed by atoms with Crippen LogP contribution in [0.25, 0.3) is 0 Å². The van der Waals surface area contributed by atoms with Gasteiger partial charge in [0.15, 0.2) is 0 Å². The van der Waals surface area contributed by atoms with E-state index in [1.54, 1.807) is 0 Å². The van der Waals surface area contributed by atoms with Gasteiger partial charge in [0, 0.05) is 13.1 Å². The number of esters is 1. The topological polar surface area (TPSA) is 41.6 Å². The predicted molar refractivity (Wildman–Crippen MR) is 87.3 cm³/mol. The van der Waals surface area contributed by atoms with Gasteiger partial charge in [-0.2, -0.15) is 0 Å². The SMILES string of the molecule is CCNC(C)(CCN1CCC(C(C)(C)C)C1)C(=O)OCC. The van der Waals surface area contributed by atoms with Crippen molar-refractivity contribution in [3.8, 4) is 0 Å². The summed E-state index contributed by atoms with van der Waals surface area (Å²) in [6, 6.07) is 0. The molecule has 1 fully saturated rings. The van der Waals surface area contributed by atoms with Gasteiger partial charge in [0.1, 0.15) is 5.54 Å². The van der Waals surface area contributed by atoms with E-state index >= 15 is 0 Å². The van der Waals surface area contributed by atoms with Crippen molar-refractivity contribution < 1.29 is 9.53 Å². The van der Waals surface area contributed by atoms with Crippen LogP contribution in [0.15, 0.2) is 0 Å². The summed E-state index contributed by atoms with van der Waals surface area (Å²) in [7, 11) is 0. The number of nitrogens with zero attached hydrogens (tertiary/aromatic N) is 1. The van der Waals surface area contributed by atoms with Gasteiger partial charge in [-0.05, 0) is 51.1 Å². The van der Waals surface area contributed by atoms with Gasteiger partial charge in [0.05, 0.1) is 6.61 Å². The molecule has 0 aromatic rings. The van der Waals surface area contributed by atoms with Crippen molar-refractivity contribution in [1.82, 2.24) is 10.2 Å². The summed E-state index contributed by atoms with van der Waals surface area (Å²) in [4.78, 5) is 14.7. The lowest BCUT2D eigenvalue weighted by Crippen LogP contribution is -2.52. The van der Waals surface area contributed by atoms with E-state index in [4.69, 9.17) is 4.74 Å². The molecule has 1 N–H and O–H groups in total. The number of likely N-dealkylation sites (N-methyl/N-ethyl adjacent to an activating group) is 1. The number of hydrogen-bond donors (Lipinski definition) is 1. The standard InChI is InChI=1S/C17H34N2O2/c1-7-18-17(6,15(20)21-8-2)10-12-19-11-9-14(13-19)16(3,4)5/h14,18H,7-13H2,1-6H3. The third kappa shape index (κ3) is 5.26. The molecule has 0 aromatic carbocycles. The Morgan fingerprint density at radius 1 is 1.29 bits per heavy atom. The first-order chi connectivity index (χ1) is 9.73. The first-order valence-electron chi connectivity index (χ1n) is 8.37. The normalized spacial score (nSPS) is 23.0. The second-order valence-corrected chi connectivity index (χ2v) is 7.49. The van der Waals surface area contributed by atoms with Crippen molar-refractivity contribution in [2.24, 2.45) is 11.3 Å². The predicted octanol–water partition coefficient (Wildman–Crippen LogP) is 2.68. The molecule has 0 aliphatic carbocycles. The molecule has 1 heterocycles. The van der Waals surface area contributed by atoms with E-state index in [-0.39, 0.29) is 5.97 Å². The Labute approximate surface area is 130 Å². The maximum atomic E-state index is 12.2. The molecule has 21 heavy (non-hydrogen) atoms. The van der Waals surface area contributed by atoms with Gasteiger partial charge in [0.25, 0.3) is 0 Å². The fourth-order valence-electron chi connectivity index (χ4n) is 3.07. The highest BCUT2D eigenvalue weighted by molar-refractivity contribution is 5.80. The second kappa shape index (κ2) is 7.59. The average Bonchev–Trinajstić information content (AvgIpc) is 2.86. The lowest BCUT2D eigenvalue weighted by Gasteiger charge is -2.31. The van der Waals surface area contributed by atoms with Crippen molar-refractivity contribution in [2.45, 2.75) is 59.9 Å². The molecule has 0 spiro atoms. The van der Waals surface area contributed by atoms with Gasteiger partial charge < -0.3 is 15.0 Å². The smallest absolute Gasteiger partial charge is 0.326 e. The fraction of sp³-hybridized carbons (Fsp3) is 0.941. The molecule has 1 aliphatic rings. The Hall–Kier alpha value is -0.610. The number of nitrogens with one attached hydrogen (secondary N) is 1. The Balaban J connectivity index is 2.53. The molecule has 1 rings (SSSR count). The second-order valence-electron chi connectivity index (χ2n) is 7.49. The summed E-state index contributed by atoms with van der Waals surface area (Å²) in [5.74, 6) is 0.629. The highest BCUT2D eigenvalue weighted by Crippen LogP contribution is 2.33. The molecule has 124 valence electrons. The Kier molecular flexibility index (Phi) is 6.67. The number of likely N-dealkylation sites (tertiary alicyclic amines) is 1. The Morgan fingerprint density at radius 2 is 1.95 bits per heavy atom. The van der Waals surface area contributed by atoms with E-state index in [2.05, 4.69) is 31.0 Å². The van der Waals surface area contributed by atoms with Crippen LogP contribution in [0.4, 0.5) is 0 Å². The summed E-state index contributed by atoms with van der Waals surface area (Å²) in [5, 5.41) is 3.31. The molecule has 0 saturated carbocycles. The number of carbonyl (C=O) groups excluding carboxylic acids is 1. The van der Waals surface area contributed by atoms with Crippen molar-refractivity contribution in [1.29, 1.82) is 0 Å². The van der Waals surface area contributed by atoms with Gasteiger partial charge in [-0.3, -0.25) is 4.79 Å². The van der Waals surface area contributed by atoms with Crippen LogP contribution in [0.1, 0.15) is 54.4 Å². The number of carbonyl (C=O) groups is 1. The first kappa shape index (κ1) is 18.4. The zero-order valence-electron chi connectivity index (χ0n) is 14.8. The number of rotatable bonds is 7. The van der Waals surface area contributed by atoms with Crippen molar-refractivity contribution in [2.75, 3.05) is 32.8 Å². The molecular weight excluding hydrogens is 264 g/mol. The van der Waals surface area contributed by atoms with Crippen molar-refractivity contribution in [3.63, 3.8) is 0 Å². The minimum absolute atomic E-state index is 0.126. The largest absolute Gasteiger partial charge is 0.465 e. The van der Waals surface area contributed by atoms with E-state index in [1.165, 1.54) is 6.42 Å². The molecule has 2 unspecified atom stereocenters. The van der Waals surface area contributed by atoms with Crippen LogP contribution in [-0.2, 0) is 9.53 Å². The monoisotopic (exact) mass is 298 g/mol. The first-order valence-corrected chi connectivity index (χ1v) is 8.37. The number of hydrogen-bond acceptors (Lipinski definition) is 4. The van der Waals surface area contributed by atoms with E-state index in [0.717, 1.165) is 38.5 Å². The molecule has 0 radical (unpaired) electrons. The van der Waals surface area contributed by atoms with Gasteiger partial charge >= 0.3 is 5.97 Å². The van der Waals surface area contributed by atoms with Crippen LogP contribution in [0.5, 0.6) is 0 Å². The third-order valence-corrected chi connectivity index (χ3v) is 4.72. The van der Waals surface area contributed by atoms with Crippen LogP contribution in [0.3, 0.4) is 0 Å². The summed E-state index contributed by atoms with van der Waals surface area (Å²) in [6.45, 7) is 17.3. The van der Waals surface area contributed by atoms with E-state index in [0.29, 0.717) is 12.0 Å². The summed E-state index contributed by atoms with van der Waals surface area (Å²) in [6.07, 6.45) is 2.07. The van der Waals surface area contributed by atoms with E-state index in [9.17, 15) is 4.79 Å². The molecule has 4 nitrogen and oxygen atoms in total. The molecule has 1 aliphatic heterocycles. The van der Waals surface area contributed by atoms with E-state index in [1.807, 2.05) is 20.8 Å². The van der Waals surface area contributed by atoms with Gasteiger partial charge in [-0.1, -0.05) is 27.7 Å². The van der Waals surface area contributed by atoms with Crippen molar-refractivity contribution in [3.05, 3.63) is 0 Å². The van der Waals surface area contributed by atoms with Crippen LogP contribution in [0, 0.1) is 11.3 Å². The summed E-state index contributed by atoms with van der Waals surface area (Å²) in [5.41, 5.74) is -0.189. The molecule has 0 bridgehead atoms. The minimum atomic E-state index is -0.565. The lowest BCUT2D eigenvalue weighted by atomic mass is 9.80. The maximum Gasteiger partial charge on any atom is 0.326 e. The van der Waals surface area contributed by atoms with Gasteiger partial charge in [-0.25, -0.2) is 0 Å². The molecule has 1 saturated heterocycles. The molecule has 0 aromatic heterocycles. The quantitative estimate of drug-likeness (QED) is 0.734. The van der Waals surface area contributed by atoms with Crippen LogP contribution < -0.4 is 5.32 Å². The molecular formula is C17H34N2O2. The van der Waals surface area contributed by atoms with E-state index < -0.39 is 5.54 Å². The zero-order chi connectivity index (χ0) is 16.1. The fourth-order valence-corrected chi connectivity index (χ4v) is 3.07. The average molecular weight is 298 g/mol. The highest BCUT2D eigenvalue weighted by atomic mass is 16.5. The Bertz CT molecular complexity index is 338. The molecule has 2 atom stereocenters. The minimum Gasteiger partial charge on any atom is -0.465 e.